The van der Waals surface area contributed by atoms with Crippen LogP contribution in [-0.4, -0.2) is 11.3 Å². The van der Waals surface area contributed by atoms with Gasteiger partial charge in [0.15, 0.2) is 5.11 Å². The molecule has 4 nitrogen and oxygen atoms in total. The molecule has 0 radical (unpaired) electrons. The zero-order valence-corrected chi connectivity index (χ0v) is 15.4. The Morgan fingerprint density at radius 2 is 2.00 bits per heavy atom. The van der Waals surface area contributed by atoms with Gasteiger partial charge in [-0.3, -0.25) is 5.43 Å². The minimum atomic E-state index is 0.108. The highest BCUT2D eigenvalue weighted by Gasteiger charge is 2.09. The summed E-state index contributed by atoms with van der Waals surface area (Å²) < 4.78 is 7.65. The summed E-state index contributed by atoms with van der Waals surface area (Å²) in [5.74, 6) is 0.695. The van der Waals surface area contributed by atoms with Crippen molar-refractivity contribution in [3.05, 3.63) is 62.5 Å². The first-order valence-electron chi connectivity index (χ1n) is 6.30. The molecule has 0 saturated heterocycles. The highest BCUT2D eigenvalue weighted by molar-refractivity contribution is 9.11. The van der Waals surface area contributed by atoms with Gasteiger partial charge in [0.25, 0.3) is 0 Å². The highest BCUT2D eigenvalue weighted by atomic mass is 79.9. The van der Waals surface area contributed by atoms with Crippen LogP contribution in [0.25, 0.3) is 0 Å². The summed E-state index contributed by atoms with van der Waals surface area (Å²) in [7, 11) is 0. The van der Waals surface area contributed by atoms with Crippen molar-refractivity contribution in [1.82, 2.24) is 5.43 Å². The Balaban J connectivity index is 2.21. The van der Waals surface area contributed by atoms with Crippen LogP contribution in [0.15, 0.2) is 56.5 Å². The molecule has 0 saturated carbocycles. The third-order valence-corrected chi connectivity index (χ3v) is 3.78. The van der Waals surface area contributed by atoms with Crippen molar-refractivity contribution in [2.45, 2.75) is 6.61 Å². The second-order valence-corrected chi connectivity index (χ2v) is 6.52. The Hall–Kier alpha value is -1.44. The van der Waals surface area contributed by atoms with Crippen molar-refractivity contribution < 1.29 is 4.74 Å². The van der Waals surface area contributed by atoms with E-state index in [1.54, 1.807) is 6.21 Å². The van der Waals surface area contributed by atoms with Crippen molar-refractivity contribution in [3.8, 4) is 5.75 Å². The van der Waals surface area contributed by atoms with Gasteiger partial charge < -0.3 is 10.5 Å². The fraction of sp³-hybridized carbons (Fsp3) is 0.0667. The van der Waals surface area contributed by atoms with Crippen LogP contribution in [0.4, 0.5) is 0 Å². The van der Waals surface area contributed by atoms with Crippen LogP contribution in [0, 0.1) is 0 Å². The lowest BCUT2D eigenvalue weighted by Crippen LogP contribution is -2.24. The smallest absolute Gasteiger partial charge is 0.184 e. The van der Waals surface area contributed by atoms with Crippen molar-refractivity contribution in [3.63, 3.8) is 0 Å². The second kappa shape index (κ2) is 8.26. The minimum Gasteiger partial charge on any atom is -0.487 e. The summed E-state index contributed by atoms with van der Waals surface area (Å²) in [6, 6.07) is 13.8. The first-order chi connectivity index (χ1) is 10.6. The van der Waals surface area contributed by atoms with E-state index in [9.17, 15) is 0 Å². The second-order valence-electron chi connectivity index (χ2n) is 4.31. The van der Waals surface area contributed by atoms with E-state index in [1.807, 2.05) is 42.5 Å². The van der Waals surface area contributed by atoms with Gasteiger partial charge >= 0.3 is 0 Å². The number of nitrogens with one attached hydrogen (secondary N) is 1. The lowest BCUT2D eigenvalue weighted by atomic mass is 10.2. The van der Waals surface area contributed by atoms with E-state index >= 15 is 0 Å². The Labute approximate surface area is 151 Å². The molecule has 0 bridgehead atoms. The summed E-state index contributed by atoms with van der Waals surface area (Å²) in [5.41, 5.74) is 9.75. The molecular weight excluding hydrogens is 430 g/mol. The lowest BCUT2D eigenvalue weighted by molar-refractivity contribution is 0.304. The van der Waals surface area contributed by atoms with Crippen molar-refractivity contribution in [2.75, 3.05) is 0 Å². The summed E-state index contributed by atoms with van der Waals surface area (Å²) >= 11 is 11.7. The molecule has 0 fully saturated rings. The molecular formula is C15H13Br2N3OS. The van der Waals surface area contributed by atoms with E-state index in [0.29, 0.717) is 12.4 Å². The Morgan fingerprint density at radius 3 is 2.68 bits per heavy atom. The standard InChI is InChI=1S/C15H13Br2N3OS/c16-12-6-11(8-19-20-15(18)22)14(13(17)7-12)21-9-10-4-2-1-3-5-10/h1-8H,9H2,(H3,18,20,22)/b19-8-. The van der Waals surface area contributed by atoms with Crippen LogP contribution in [0.2, 0.25) is 0 Å². The van der Waals surface area contributed by atoms with Gasteiger partial charge in [-0.2, -0.15) is 5.10 Å². The van der Waals surface area contributed by atoms with Crippen molar-refractivity contribution in [1.29, 1.82) is 0 Å². The van der Waals surface area contributed by atoms with Gasteiger partial charge in [0, 0.05) is 10.0 Å². The quantitative estimate of drug-likeness (QED) is 0.418. The SMILES string of the molecule is NC(=S)N/N=C\c1cc(Br)cc(Br)c1OCc1ccccc1. The molecule has 2 aromatic carbocycles. The Morgan fingerprint density at radius 1 is 1.27 bits per heavy atom. The van der Waals surface area contributed by atoms with E-state index in [4.69, 9.17) is 22.7 Å². The van der Waals surface area contributed by atoms with Gasteiger partial charge in [0.05, 0.1) is 10.7 Å². The summed E-state index contributed by atoms with van der Waals surface area (Å²) in [5, 5.41) is 4.08. The molecule has 0 aliphatic carbocycles. The molecule has 0 unspecified atom stereocenters. The average Bonchev–Trinajstić information content (AvgIpc) is 2.47. The third kappa shape index (κ3) is 5.08. The van der Waals surface area contributed by atoms with Crippen LogP contribution >= 0.6 is 44.1 Å². The van der Waals surface area contributed by atoms with E-state index < -0.39 is 0 Å². The zero-order valence-electron chi connectivity index (χ0n) is 11.4. The predicted molar refractivity (Wildman–Crippen MR) is 100 cm³/mol. The molecule has 0 spiro atoms. The predicted octanol–water partition coefficient (Wildman–Crippen LogP) is 3.96. The molecule has 2 rings (SSSR count). The number of halogens is 2. The fourth-order valence-corrected chi connectivity index (χ4v) is 3.15. The molecule has 0 aromatic heterocycles. The van der Waals surface area contributed by atoms with Gasteiger partial charge in [-0.25, -0.2) is 0 Å². The molecule has 22 heavy (non-hydrogen) atoms. The van der Waals surface area contributed by atoms with Crippen LogP contribution in [0.1, 0.15) is 11.1 Å². The third-order valence-electron chi connectivity index (χ3n) is 2.64. The lowest BCUT2D eigenvalue weighted by Gasteiger charge is -2.12. The molecule has 2 aromatic rings. The highest BCUT2D eigenvalue weighted by Crippen LogP contribution is 2.32. The summed E-state index contributed by atoms with van der Waals surface area (Å²) in [4.78, 5) is 0. The van der Waals surface area contributed by atoms with Crippen LogP contribution in [0.3, 0.4) is 0 Å². The maximum Gasteiger partial charge on any atom is 0.184 e. The zero-order chi connectivity index (χ0) is 15.9. The Bertz CT molecular complexity index is 693. The number of hydrazone groups is 1. The molecule has 7 heteroatoms. The first-order valence-corrected chi connectivity index (χ1v) is 8.30. The maximum absolute atomic E-state index is 5.92. The molecule has 0 aliphatic heterocycles. The van der Waals surface area contributed by atoms with Gasteiger partial charge in [-0.05, 0) is 45.8 Å². The van der Waals surface area contributed by atoms with Crippen molar-refractivity contribution in [2.24, 2.45) is 10.8 Å². The monoisotopic (exact) mass is 441 g/mol. The summed E-state index contributed by atoms with van der Waals surface area (Å²) in [6.07, 6.45) is 1.61. The van der Waals surface area contributed by atoms with Gasteiger partial charge in [0.1, 0.15) is 12.4 Å². The maximum atomic E-state index is 5.92. The minimum absolute atomic E-state index is 0.108. The number of hydrogen-bond donors (Lipinski definition) is 2. The largest absolute Gasteiger partial charge is 0.487 e. The molecule has 3 N–H and O–H groups in total. The number of thiocarbonyl (C=S) groups is 1. The van der Waals surface area contributed by atoms with E-state index in [1.165, 1.54) is 0 Å². The number of hydrogen-bond acceptors (Lipinski definition) is 3. The first kappa shape index (κ1) is 16.9. The van der Waals surface area contributed by atoms with Crippen LogP contribution in [-0.2, 0) is 6.61 Å². The van der Waals surface area contributed by atoms with E-state index in [0.717, 1.165) is 20.1 Å². The topological polar surface area (TPSA) is 59.6 Å². The van der Waals surface area contributed by atoms with E-state index in [-0.39, 0.29) is 5.11 Å². The molecule has 0 aliphatic rings. The fourth-order valence-electron chi connectivity index (χ4n) is 1.72. The van der Waals surface area contributed by atoms with Crippen LogP contribution < -0.4 is 15.9 Å². The number of ether oxygens (including phenoxy) is 1. The number of benzene rings is 2. The number of nitrogens with zero attached hydrogens (tertiary/aromatic N) is 1. The molecule has 0 heterocycles. The molecule has 114 valence electrons. The van der Waals surface area contributed by atoms with Gasteiger partial charge in [-0.15, -0.1) is 0 Å². The molecule has 0 atom stereocenters. The normalized spacial score (nSPS) is 10.6. The molecule has 0 amide bonds. The number of rotatable bonds is 5. The van der Waals surface area contributed by atoms with Crippen LogP contribution in [0.5, 0.6) is 5.75 Å². The van der Waals surface area contributed by atoms with E-state index in [2.05, 4.69) is 42.4 Å². The van der Waals surface area contributed by atoms with Gasteiger partial charge in [0.2, 0.25) is 0 Å². The number of nitrogens with two attached hydrogens (primary N) is 1. The van der Waals surface area contributed by atoms with Gasteiger partial charge in [-0.1, -0.05) is 46.3 Å². The van der Waals surface area contributed by atoms with Crippen molar-refractivity contribution >= 4 is 55.4 Å². The Kier molecular flexibility index (Phi) is 6.35. The summed E-state index contributed by atoms with van der Waals surface area (Å²) in [6.45, 7) is 0.463. The average molecular weight is 443 g/mol.